The van der Waals surface area contributed by atoms with E-state index in [0.717, 1.165) is 18.8 Å². The molecule has 3 aromatic rings. The van der Waals surface area contributed by atoms with Crippen LogP contribution < -0.4 is 9.13 Å². The molecule has 2 aromatic heterocycles. The molecule has 0 bridgehead atoms. The van der Waals surface area contributed by atoms with Crippen LogP contribution in [0.15, 0.2) is 49.1 Å². The van der Waals surface area contributed by atoms with E-state index in [4.69, 9.17) is 0 Å². The Morgan fingerprint density at radius 1 is 0.833 bits per heavy atom. The molecule has 118 valence electrons. The Morgan fingerprint density at radius 3 is 1.67 bits per heavy atom. The maximum atomic E-state index is 3.18. The monoisotopic (exact) mass is 540 g/mol. The van der Waals surface area contributed by atoms with Crippen molar-refractivity contribution in [2.24, 2.45) is 14.1 Å². The summed E-state index contributed by atoms with van der Waals surface area (Å²) in [5, 5.41) is 0. The topological polar surface area (TPSA) is 17.6 Å². The van der Waals surface area contributed by atoms with Crippen molar-refractivity contribution in [2.75, 3.05) is 0 Å². The van der Waals surface area contributed by atoms with E-state index in [9.17, 15) is 0 Å². The van der Waals surface area contributed by atoms with Crippen LogP contribution in [-0.4, -0.2) is 9.13 Å². The molecule has 6 heteroatoms. The number of nitrogens with zero attached hydrogens (tertiary/aromatic N) is 4. The third kappa shape index (κ3) is 3.82. The van der Waals surface area contributed by atoms with Crippen molar-refractivity contribution < 1.29 is 9.13 Å². The van der Waals surface area contributed by atoms with Crippen LogP contribution in [-0.2, 0) is 14.1 Å². The maximum Gasteiger partial charge on any atom is 0.330 e. The van der Waals surface area contributed by atoms with E-state index in [1.54, 1.807) is 0 Å². The number of imidazole rings is 2. The van der Waals surface area contributed by atoms with Crippen molar-refractivity contribution in [3.63, 3.8) is 0 Å². The van der Waals surface area contributed by atoms with Gasteiger partial charge in [0.25, 0.3) is 0 Å². The number of rotatable bonds is 0. The summed E-state index contributed by atoms with van der Waals surface area (Å²) < 4.78 is 9.98. The van der Waals surface area contributed by atoms with E-state index in [2.05, 4.69) is 69.1 Å². The van der Waals surface area contributed by atoms with E-state index >= 15 is 0 Å². The highest BCUT2D eigenvalue weighted by atomic mass is 127. The van der Waals surface area contributed by atoms with Crippen molar-refractivity contribution in [2.45, 2.75) is 0 Å². The molecule has 24 heavy (non-hydrogen) atoms. The van der Waals surface area contributed by atoms with Crippen LogP contribution >= 0.6 is 45.2 Å². The van der Waals surface area contributed by atoms with Gasteiger partial charge in [-0.3, -0.25) is 0 Å². The van der Waals surface area contributed by atoms with Crippen molar-refractivity contribution in [3.8, 4) is 23.9 Å². The van der Waals surface area contributed by atoms with E-state index in [0.29, 0.717) is 0 Å². The third-order valence-electron chi connectivity index (χ3n) is 3.36. The molecular formula is C18H14I2N4+2. The fourth-order valence-electron chi connectivity index (χ4n) is 2.01. The lowest BCUT2D eigenvalue weighted by molar-refractivity contribution is -0.683. The Balaban J connectivity index is 1.86. The number of halogens is 2. The number of benzene rings is 1. The Bertz CT molecular complexity index is 943. The molecule has 1 aromatic carbocycles. The molecule has 0 aliphatic heterocycles. The van der Waals surface area contributed by atoms with Gasteiger partial charge >= 0.3 is 7.66 Å². The van der Waals surface area contributed by atoms with Gasteiger partial charge in [0.05, 0.1) is 59.3 Å². The summed E-state index contributed by atoms with van der Waals surface area (Å²) in [5.74, 6) is 6.37. The van der Waals surface area contributed by atoms with Crippen molar-refractivity contribution in [1.29, 1.82) is 0 Å². The predicted molar refractivity (Wildman–Crippen MR) is 108 cm³/mol. The summed E-state index contributed by atoms with van der Waals surface area (Å²) in [6, 6.07) is 14.3. The van der Waals surface area contributed by atoms with Crippen LogP contribution in [0.1, 0.15) is 11.1 Å². The van der Waals surface area contributed by atoms with Crippen LogP contribution in [0.5, 0.6) is 0 Å². The lowest BCUT2D eigenvalue weighted by Gasteiger charge is -1.91. The fraction of sp³-hybridized carbons (Fsp3) is 0.111. The van der Waals surface area contributed by atoms with Gasteiger partial charge in [0.1, 0.15) is 36.9 Å². The van der Waals surface area contributed by atoms with Gasteiger partial charge in [-0.2, -0.15) is 0 Å². The van der Waals surface area contributed by atoms with E-state index in [1.807, 2.05) is 81.4 Å². The zero-order valence-electron chi connectivity index (χ0n) is 13.2. The number of aryl methyl sites for hydroxylation is 2. The molecule has 3 rings (SSSR count). The predicted octanol–water partition coefficient (Wildman–Crippen LogP) is 1.86. The highest BCUT2D eigenvalue weighted by Gasteiger charge is 2.08. The standard InChI is InChI=1S/C18H14I2N4/c1-21-10-12-23(17(21)19)8-6-15-4-3-5-16(14-15)7-9-24-13-11-22(2)18(24)20/h3-5,10-14H,1-2H3/q+2. The number of aromatic nitrogens is 4. The molecule has 0 amide bonds. The zero-order valence-corrected chi connectivity index (χ0v) is 17.5. The summed E-state index contributed by atoms with van der Waals surface area (Å²) in [5.41, 5.74) is 1.89. The van der Waals surface area contributed by atoms with Crippen LogP contribution in [0.4, 0.5) is 0 Å². The van der Waals surface area contributed by atoms with Crippen LogP contribution in [0, 0.1) is 31.6 Å². The van der Waals surface area contributed by atoms with Crippen molar-refractivity contribution in [3.05, 3.63) is 67.8 Å². The third-order valence-corrected chi connectivity index (χ3v) is 5.92. The molecule has 0 radical (unpaired) electrons. The van der Waals surface area contributed by atoms with E-state index in [-0.39, 0.29) is 0 Å². The molecule has 0 spiro atoms. The largest absolute Gasteiger partial charge is 0.330 e. The lowest BCUT2D eigenvalue weighted by atomic mass is 10.1. The average molecular weight is 540 g/mol. The quantitative estimate of drug-likeness (QED) is 0.236. The second-order valence-corrected chi connectivity index (χ2v) is 7.08. The Morgan fingerprint density at radius 2 is 1.29 bits per heavy atom. The minimum Gasteiger partial charge on any atom is -0.227 e. The second kappa shape index (κ2) is 7.41. The summed E-state index contributed by atoms with van der Waals surface area (Å²) in [7, 11) is 4.00. The molecule has 0 aliphatic rings. The summed E-state index contributed by atoms with van der Waals surface area (Å²) in [6.07, 6.45) is 7.87. The van der Waals surface area contributed by atoms with Gasteiger partial charge < -0.3 is 0 Å². The molecule has 0 aliphatic carbocycles. The van der Waals surface area contributed by atoms with Crippen molar-refractivity contribution in [1.82, 2.24) is 9.13 Å². The van der Waals surface area contributed by atoms with Gasteiger partial charge in [-0.1, -0.05) is 6.07 Å². The smallest absolute Gasteiger partial charge is 0.227 e. The van der Waals surface area contributed by atoms with Gasteiger partial charge in [0, 0.05) is 11.1 Å². The van der Waals surface area contributed by atoms with Gasteiger partial charge in [0.2, 0.25) is 0 Å². The molecule has 0 N–H and O–H groups in total. The zero-order chi connectivity index (χ0) is 17.1. The first-order valence-electron chi connectivity index (χ1n) is 7.13. The summed E-state index contributed by atoms with van der Waals surface area (Å²) >= 11 is 4.54. The van der Waals surface area contributed by atoms with Crippen molar-refractivity contribution >= 4 is 45.2 Å². The minimum atomic E-state index is 0.946. The van der Waals surface area contributed by atoms with E-state index < -0.39 is 0 Å². The van der Waals surface area contributed by atoms with E-state index in [1.165, 1.54) is 0 Å². The SMILES string of the molecule is C[n+]1ccn(C#Cc2cccc(C#Cn3cc[n+](C)c3I)c2)c1I. The molecule has 0 unspecified atom stereocenters. The minimum absolute atomic E-state index is 0.946. The molecule has 0 saturated heterocycles. The van der Waals surface area contributed by atoms with Crippen LogP contribution in [0.25, 0.3) is 0 Å². The van der Waals surface area contributed by atoms with Gasteiger partial charge in [0.15, 0.2) is 0 Å². The lowest BCUT2D eigenvalue weighted by Crippen LogP contribution is -2.29. The molecule has 0 atom stereocenters. The van der Waals surface area contributed by atoms with Crippen LogP contribution in [0.2, 0.25) is 0 Å². The molecule has 0 fully saturated rings. The first-order chi connectivity index (χ1) is 11.5. The Hall–Kier alpha value is -1.78. The summed E-state index contributed by atoms with van der Waals surface area (Å²) in [4.78, 5) is 0. The maximum absolute atomic E-state index is 3.18. The normalized spacial score (nSPS) is 9.83. The Kier molecular flexibility index (Phi) is 5.27. The highest BCUT2D eigenvalue weighted by Crippen LogP contribution is 2.04. The second-order valence-electron chi connectivity index (χ2n) is 5.15. The first-order valence-corrected chi connectivity index (χ1v) is 9.29. The molecule has 2 heterocycles. The number of hydrogen-bond acceptors (Lipinski definition) is 0. The summed E-state index contributed by atoms with van der Waals surface area (Å²) in [6.45, 7) is 0. The molecule has 4 nitrogen and oxygen atoms in total. The fourth-order valence-corrected chi connectivity index (χ4v) is 2.89. The number of hydrogen-bond donors (Lipinski definition) is 0. The first kappa shape index (κ1) is 17.1. The van der Waals surface area contributed by atoms with Gasteiger partial charge in [-0.25, -0.2) is 9.13 Å². The molecular weight excluding hydrogens is 526 g/mol. The molecule has 0 saturated carbocycles. The Labute approximate surface area is 168 Å². The van der Waals surface area contributed by atoms with Gasteiger partial charge in [-0.15, -0.1) is 9.13 Å². The average Bonchev–Trinajstić information content (AvgIpc) is 3.08. The van der Waals surface area contributed by atoms with Crippen LogP contribution in [0.3, 0.4) is 0 Å². The highest BCUT2D eigenvalue weighted by molar-refractivity contribution is 14.1. The van der Waals surface area contributed by atoms with Gasteiger partial charge in [-0.05, 0) is 30.0 Å².